The molecule has 2 heterocycles. The van der Waals surface area contributed by atoms with Gasteiger partial charge in [0.15, 0.2) is 0 Å². The summed E-state index contributed by atoms with van der Waals surface area (Å²) in [5, 5.41) is 8.09. The summed E-state index contributed by atoms with van der Waals surface area (Å²) >= 11 is 1.28. The quantitative estimate of drug-likeness (QED) is 0.747. The van der Waals surface area contributed by atoms with Crippen molar-refractivity contribution in [3.05, 3.63) is 41.8 Å². The van der Waals surface area contributed by atoms with Crippen molar-refractivity contribution in [1.82, 2.24) is 15.1 Å². The van der Waals surface area contributed by atoms with Crippen molar-refractivity contribution in [1.29, 1.82) is 0 Å². The van der Waals surface area contributed by atoms with Gasteiger partial charge in [0, 0.05) is 20.0 Å². The number of amides is 1. The third-order valence-corrected chi connectivity index (χ3v) is 4.72. The van der Waals surface area contributed by atoms with Gasteiger partial charge in [0.2, 0.25) is 11.8 Å². The number of hydrogen-bond acceptors (Lipinski definition) is 6. The maximum atomic E-state index is 12.4. The minimum absolute atomic E-state index is 0.0869. The van der Waals surface area contributed by atoms with Gasteiger partial charge in [-0.05, 0) is 18.4 Å². The van der Waals surface area contributed by atoms with Crippen LogP contribution in [0.5, 0.6) is 0 Å². The molecule has 3 rings (SSSR count). The Kier molecular flexibility index (Phi) is 5.87. The molecule has 0 radical (unpaired) electrons. The topological polar surface area (TPSA) is 68.5 Å². The first-order chi connectivity index (χ1) is 11.7. The second-order valence-corrected chi connectivity index (χ2v) is 6.66. The molecule has 0 saturated carbocycles. The normalized spacial score (nSPS) is 17.9. The summed E-state index contributed by atoms with van der Waals surface area (Å²) in [4.78, 5) is 14.2. The second-order valence-electron chi connectivity index (χ2n) is 5.73. The highest BCUT2D eigenvalue weighted by Crippen LogP contribution is 2.18. The molecule has 1 unspecified atom stereocenters. The minimum Gasteiger partial charge on any atom is -0.416 e. The largest absolute Gasteiger partial charge is 0.416 e. The SMILES string of the molecule is Cc1nnc(SCC(=O)N2CCOC(CCc3ccccc3)C2)o1. The van der Waals surface area contributed by atoms with E-state index >= 15 is 0 Å². The Balaban J connectivity index is 1.45. The van der Waals surface area contributed by atoms with E-state index in [1.807, 2.05) is 23.1 Å². The molecule has 1 aliphatic rings. The van der Waals surface area contributed by atoms with Gasteiger partial charge < -0.3 is 14.1 Å². The lowest BCUT2D eigenvalue weighted by molar-refractivity contribution is -0.136. The fourth-order valence-corrected chi connectivity index (χ4v) is 3.35. The number of thioether (sulfide) groups is 1. The monoisotopic (exact) mass is 347 g/mol. The molecule has 2 aromatic rings. The number of carbonyl (C=O) groups excluding carboxylic acids is 1. The molecule has 1 amide bonds. The molecule has 1 atom stereocenters. The van der Waals surface area contributed by atoms with Crippen molar-refractivity contribution in [2.45, 2.75) is 31.1 Å². The molecule has 1 aromatic heterocycles. The minimum atomic E-state index is 0.0869. The van der Waals surface area contributed by atoms with Gasteiger partial charge in [0.25, 0.3) is 5.22 Å². The predicted octanol–water partition coefficient (Wildman–Crippen LogP) is 2.33. The molecule has 128 valence electrons. The first-order valence-electron chi connectivity index (χ1n) is 8.07. The summed E-state index contributed by atoms with van der Waals surface area (Å²) in [6.45, 7) is 3.62. The summed E-state index contributed by atoms with van der Waals surface area (Å²) in [6, 6.07) is 10.3. The Morgan fingerprint density at radius 2 is 2.17 bits per heavy atom. The van der Waals surface area contributed by atoms with Crippen LogP contribution in [0.3, 0.4) is 0 Å². The summed E-state index contributed by atoms with van der Waals surface area (Å²) in [7, 11) is 0. The van der Waals surface area contributed by atoms with E-state index in [0.29, 0.717) is 36.6 Å². The van der Waals surface area contributed by atoms with Crippen LogP contribution >= 0.6 is 11.8 Å². The zero-order chi connectivity index (χ0) is 16.8. The van der Waals surface area contributed by atoms with Crippen molar-refractivity contribution in [3.63, 3.8) is 0 Å². The standard InChI is InChI=1S/C17H21N3O3S/c1-13-18-19-17(23-13)24-12-16(21)20-9-10-22-15(11-20)8-7-14-5-3-2-4-6-14/h2-6,15H,7-12H2,1H3. The fourth-order valence-electron chi connectivity index (χ4n) is 2.64. The molecule has 7 heteroatoms. The number of nitrogens with zero attached hydrogens (tertiary/aromatic N) is 3. The predicted molar refractivity (Wildman–Crippen MR) is 90.8 cm³/mol. The molecular weight excluding hydrogens is 326 g/mol. The highest BCUT2D eigenvalue weighted by atomic mass is 32.2. The van der Waals surface area contributed by atoms with Crippen LogP contribution in [0.4, 0.5) is 0 Å². The number of morpholine rings is 1. The number of aryl methyl sites for hydroxylation is 2. The maximum Gasteiger partial charge on any atom is 0.277 e. The van der Waals surface area contributed by atoms with Gasteiger partial charge in [-0.2, -0.15) is 0 Å². The van der Waals surface area contributed by atoms with Gasteiger partial charge in [-0.25, -0.2) is 0 Å². The van der Waals surface area contributed by atoms with Crippen LogP contribution in [-0.4, -0.2) is 52.6 Å². The first kappa shape index (κ1) is 17.0. The van der Waals surface area contributed by atoms with Crippen LogP contribution < -0.4 is 0 Å². The maximum absolute atomic E-state index is 12.4. The van der Waals surface area contributed by atoms with E-state index in [0.717, 1.165) is 12.8 Å². The van der Waals surface area contributed by atoms with Gasteiger partial charge in [-0.3, -0.25) is 4.79 Å². The van der Waals surface area contributed by atoms with Gasteiger partial charge in [-0.15, -0.1) is 10.2 Å². The Labute approximate surface area is 145 Å². The van der Waals surface area contributed by atoms with Gasteiger partial charge in [0.05, 0.1) is 18.5 Å². The lowest BCUT2D eigenvalue weighted by Gasteiger charge is -2.33. The molecule has 0 aliphatic carbocycles. The summed E-state index contributed by atoms with van der Waals surface area (Å²) < 4.78 is 11.1. The highest BCUT2D eigenvalue weighted by Gasteiger charge is 2.24. The van der Waals surface area contributed by atoms with Crippen molar-refractivity contribution in [2.75, 3.05) is 25.4 Å². The van der Waals surface area contributed by atoms with Crippen LogP contribution in [0, 0.1) is 6.92 Å². The van der Waals surface area contributed by atoms with Crippen molar-refractivity contribution in [3.8, 4) is 0 Å². The fraction of sp³-hybridized carbons (Fsp3) is 0.471. The van der Waals surface area contributed by atoms with Gasteiger partial charge in [-0.1, -0.05) is 42.1 Å². The zero-order valence-corrected chi connectivity index (χ0v) is 14.5. The van der Waals surface area contributed by atoms with E-state index in [9.17, 15) is 4.79 Å². The summed E-state index contributed by atoms with van der Waals surface area (Å²) in [5.41, 5.74) is 1.30. The van der Waals surface area contributed by atoms with Crippen LogP contribution in [0.25, 0.3) is 0 Å². The van der Waals surface area contributed by atoms with E-state index in [1.165, 1.54) is 17.3 Å². The number of carbonyl (C=O) groups is 1. The van der Waals surface area contributed by atoms with Crippen LogP contribution in [0.1, 0.15) is 17.9 Å². The van der Waals surface area contributed by atoms with Gasteiger partial charge >= 0.3 is 0 Å². The van der Waals surface area contributed by atoms with Gasteiger partial charge in [0.1, 0.15) is 0 Å². The van der Waals surface area contributed by atoms with Crippen molar-refractivity contribution >= 4 is 17.7 Å². The van der Waals surface area contributed by atoms with E-state index < -0.39 is 0 Å². The van der Waals surface area contributed by atoms with E-state index in [2.05, 4.69) is 22.3 Å². The third kappa shape index (κ3) is 4.82. The van der Waals surface area contributed by atoms with Crippen LogP contribution in [0.2, 0.25) is 0 Å². The molecule has 24 heavy (non-hydrogen) atoms. The van der Waals surface area contributed by atoms with Crippen LogP contribution in [-0.2, 0) is 16.0 Å². The lowest BCUT2D eigenvalue weighted by Crippen LogP contribution is -2.46. The average molecular weight is 347 g/mol. The average Bonchev–Trinajstić information content (AvgIpc) is 3.04. The number of hydrogen-bond donors (Lipinski definition) is 0. The van der Waals surface area contributed by atoms with Crippen LogP contribution in [0.15, 0.2) is 40.0 Å². The van der Waals surface area contributed by atoms with E-state index in [1.54, 1.807) is 6.92 Å². The number of benzene rings is 1. The zero-order valence-electron chi connectivity index (χ0n) is 13.7. The number of rotatable bonds is 6. The highest BCUT2D eigenvalue weighted by molar-refractivity contribution is 7.99. The molecule has 1 saturated heterocycles. The summed E-state index contributed by atoms with van der Waals surface area (Å²) in [6.07, 6.45) is 1.98. The molecule has 6 nitrogen and oxygen atoms in total. The smallest absolute Gasteiger partial charge is 0.277 e. The molecule has 0 bridgehead atoms. The Morgan fingerprint density at radius 3 is 2.92 bits per heavy atom. The third-order valence-electron chi connectivity index (χ3n) is 3.92. The Bertz CT molecular complexity index is 662. The summed E-state index contributed by atoms with van der Waals surface area (Å²) in [5.74, 6) is 0.911. The Morgan fingerprint density at radius 1 is 1.33 bits per heavy atom. The Hall–Kier alpha value is -1.86. The number of ether oxygens (including phenoxy) is 1. The molecule has 1 aromatic carbocycles. The first-order valence-corrected chi connectivity index (χ1v) is 9.05. The molecular formula is C17H21N3O3S. The molecule has 1 fully saturated rings. The lowest BCUT2D eigenvalue weighted by atomic mass is 10.1. The molecule has 0 spiro atoms. The molecule has 0 N–H and O–H groups in total. The van der Waals surface area contributed by atoms with Crippen molar-refractivity contribution in [2.24, 2.45) is 0 Å². The van der Waals surface area contributed by atoms with E-state index in [4.69, 9.17) is 9.15 Å². The van der Waals surface area contributed by atoms with E-state index in [-0.39, 0.29) is 12.0 Å². The second kappa shape index (κ2) is 8.30. The number of aromatic nitrogens is 2. The van der Waals surface area contributed by atoms with Crippen molar-refractivity contribution < 1.29 is 13.9 Å². The molecule has 1 aliphatic heterocycles.